The molecule has 1 unspecified atom stereocenters. The van der Waals surface area contributed by atoms with Crippen LogP contribution in [0.5, 0.6) is 0 Å². The van der Waals surface area contributed by atoms with Gasteiger partial charge < -0.3 is 19.5 Å². The number of carboxylic acid groups (broad SMARTS) is 2. The third-order valence-electron chi connectivity index (χ3n) is 10.6. The van der Waals surface area contributed by atoms with Crippen LogP contribution in [-0.2, 0) is 10.8 Å². The van der Waals surface area contributed by atoms with Gasteiger partial charge in [0, 0.05) is 5.56 Å². The average molecular weight is 756 g/mol. The van der Waals surface area contributed by atoms with Crippen LogP contribution < -0.4 is 5.11 Å². The highest BCUT2D eigenvalue weighted by Gasteiger charge is 2.26. The molecule has 53 heavy (non-hydrogen) atoms. The molecule has 0 saturated carbocycles. The first-order valence-electron chi connectivity index (χ1n) is 21.7. The average Bonchev–Trinajstić information content (AvgIpc) is 3.17. The smallest absolute Gasteiger partial charge is 0.336 e. The van der Waals surface area contributed by atoms with Crippen molar-refractivity contribution in [2.45, 2.75) is 192 Å². The lowest BCUT2D eigenvalue weighted by Gasteiger charge is -2.40. The predicted molar refractivity (Wildman–Crippen MR) is 222 cm³/mol. The van der Waals surface area contributed by atoms with Crippen LogP contribution >= 0.6 is 0 Å². The quantitative estimate of drug-likeness (QED) is 0.0592. The van der Waals surface area contributed by atoms with E-state index < -0.39 is 22.7 Å². The molecule has 6 nitrogen and oxygen atoms in total. The van der Waals surface area contributed by atoms with Gasteiger partial charge in [-0.1, -0.05) is 161 Å². The molecule has 0 heterocycles. The van der Waals surface area contributed by atoms with Gasteiger partial charge in [-0.25, -0.2) is 9.00 Å². The highest BCUT2D eigenvalue weighted by molar-refractivity contribution is 7.85. The fourth-order valence-corrected chi connectivity index (χ4v) is 8.65. The van der Waals surface area contributed by atoms with Crippen LogP contribution in [0.2, 0.25) is 0 Å². The molecule has 0 fully saturated rings. The van der Waals surface area contributed by atoms with E-state index >= 15 is 0 Å². The van der Waals surface area contributed by atoms with Crippen molar-refractivity contribution in [2.24, 2.45) is 0 Å². The van der Waals surface area contributed by atoms with Crippen molar-refractivity contribution in [1.29, 1.82) is 0 Å². The number of hydrogen-bond acceptors (Lipinski definition) is 4. The van der Waals surface area contributed by atoms with Gasteiger partial charge in [0.25, 0.3) is 0 Å². The van der Waals surface area contributed by atoms with Crippen molar-refractivity contribution in [2.75, 3.05) is 26.2 Å². The highest BCUT2D eigenvalue weighted by Crippen LogP contribution is 2.24. The van der Waals surface area contributed by atoms with Crippen molar-refractivity contribution in [3.8, 4) is 0 Å². The van der Waals surface area contributed by atoms with Gasteiger partial charge in [-0.2, -0.15) is 0 Å². The number of quaternary nitrogens is 1. The molecule has 0 spiro atoms. The zero-order chi connectivity index (χ0) is 39.0. The fourth-order valence-electron chi connectivity index (χ4n) is 7.30. The van der Waals surface area contributed by atoms with Crippen molar-refractivity contribution < 1.29 is 28.5 Å². The molecule has 2 rings (SSSR count). The Hall–Kier alpha value is -2.51. The maximum atomic E-state index is 12.5. The second-order valence-electron chi connectivity index (χ2n) is 15.2. The second-order valence-corrected chi connectivity index (χ2v) is 16.6. The van der Waals surface area contributed by atoms with Crippen LogP contribution in [0.4, 0.5) is 0 Å². The summed E-state index contributed by atoms with van der Waals surface area (Å²) >= 11 is 0. The number of benzene rings is 2. The van der Waals surface area contributed by atoms with Gasteiger partial charge in [0.15, 0.2) is 0 Å². The fraction of sp³-hybridized carbons (Fsp3) is 0.696. The zero-order valence-corrected chi connectivity index (χ0v) is 35.2. The summed E-state index contributed by atoms with van der Waals surface area (Å²) in [5, 5.41) is 20.1. The molecule has 0 aliphatic rings. The summed E-state index contributed by atoms with van der Waals surface area (Å²) < 4.78 is 13.9. The van der Waals surface area contributed by atoms with Crippen LogP contribution in [0.3, 0.4) is 0 Å². The Morgan fingerprint density at radius 2 is 0.774 bits per heavy atom. The Morgan fingerprint density at radius 3 is 1.09 bits per heavy atom. The van der Waals surface area contributed by atoms with Crippen molar-refractivity contribution in [1.82, 2.24) is 0 Å². The molecule has 0 radical (unpaired) electrons. The summed E-state index contributed by atoms with van der Waals surface area (Å²) in [7, 11) is -1.91. The minimum absolute atomic E-state index is 0.0150. The molecule has 0 aliphatic heterocycles. The van der Waals surface area contributed by atoms with Crippen LogP contribution in [0.25, 0.3) is 0 Å². The minimum Gasteiger partial charge on any atom is -0.545 e. The number of hydrogen-bond donors (Lipinski definition) is 1. The van der Waals surface area contributed by atoms with E-state index in [9.17, 15) is 18.9 Å². The van der Waals surface area contributed by atoms with Gasteiger partial charge in [-0.3, -0.25) is 0 Å². The van der Waals surface area contributed by atoms with Crippen LogP contribution in [-0.4, -0.2) is 51.9 Å². The van der Waals surface area contributed by atoms with Gasteiger partial charge in [-0.15, -0.1) is 0 Å². The topological polar surface area (TPSA) is 94.5 Å². The molecule has 2 aromatic rings. The molecule has 1 atom stereocenters. The summed E-state index contributed by atoms with van der Waals surface area (Å²) in [6.07, 6.45) is 34.8. The van der Waals surface area contributed by atoms with E-state index in [-0.39, 0.29) is 20.9 Å². The molecule has 7 heteroatoms. The maximum absolute atomic E-state index is 12.5. The minimum atomic E-state index is -1.91. The normalized spacial score (nSPS) is 11.9. The summed E-state index contributed by atoms with van der Waals surface area (Å²) in [5.74, 6) is -2.68. The molecule has 0 aromatic heterocycles. The van der Waals surface area contributed by atoms with E-state index in [2.05, 4.69) is 27.7 Å². The largest absolute Gasteiger partial charge is 0.545 e. The van der Waals surface area contributed by atoms with Crippen molar-refractivity contribution in [3.05, 3.63) is 59.7 Å². The van der Waals surface area contributed by atoms with E-state index in [1.807, 2.05) is 0 Å². The monoisotopic (exact) mass is 756 g/mol. The lowest BCUT2D eigenvalue weighted by atomic mass is 10.0. The van der Waals surface area contributed by atoms with E-state index in [1.165, 1.54) is 227 Å². The molecule has 302 valence electrons. The first kappa shape index (κ1) is 48.5. The van der Waals surface area contributed by atoms with Crippen molar-refractivity contribution >= 4 is 22.7 Å². The Labute approximate surface area is 327 Å². The van der Waals surface area contributed by atoms with Gasteiger partial charge in [0.1, 0.15) is 0 Å². The van der Waals surface area contributed by atoms with E-state index in [4.69, 9.17) is 5.11 Å². The van der Waals surface area contributed by atoms with Gasteiger partial charge in [0.05, 0.1) is 58.3 Å². The van der Waals surface area contributed by atoms with E-state index in [0.29, 0.717) is 0 Å². The Bertz CT molecular complexity index is 1120. The molecular formula is C46H77NO5S. The molecule has 1 N–H and O–H groups in total. The molecule has 0 saturated heterocycles. The number of aromatic carboxylic acids is 2. The first-order valence-corrected chi connectivity index (χ1v) is 22.8. The molecule has 0 aliphatic carbocycles. The maximum Gasteiger partial charge on any atom is 0.336 e. The Kier molecular flexibility index (Phi) is 29.1. The third kappa shape index (κ3) is 21.8. The lowest BCUT2D eigenvalue weighted by Crippen LogP contribution is -2.50. The number of unbranched alkanes of at least 4 members (excludes halogenated alkanes) is 20. The SMILES string of the molecule is CCCCCCCC[N+](CCCCCCCC)(CCCCCCCC)CCCCCCCC.O=C([O-])c1ccccc1S(=O)c1ccccc1C(=O)O. The number of carbonyl (C=O) groups excluding carboxylic acids is 1. The van der Waals surface area contributed by atoms with E-state index in [0.717, 1.165) is 0 Å². The molecule has 0 bridgehead atoms. The van der Waals surface area contributed by atoms with Crippen LogP contribution in [0.1, 0.15) is 203 Å². The molecular weight excluding hydrogens is 679 g/mol. The molecule has 0 amide bonds. The number of nitrogens with zero attached hydrogens (tertiary/aromatic N) is 1. The first-order chi connectivity index (χ1) is 25.8. The van der Waals surface area contributed by atoms with E-state index in [1.54, 1.807) is 6.07 Å². The second kappa shape index (κ2) is 31.8. The summed E-state index contributed by atoms with van der Waals surface area (Å²) in [6, 6.07) is 11.4. The standard InChI is InChI=1S/C32H68N.C14H10O5S/c1-5-9-13-17-21-25-29-33(30-26-22-18-14-10-6-2,31-27-23-19-15-11-7-3)32-28-24-20-16-12-8-4;15-13(16)9-5-1-3-7-11(9)20(19)12-8-4-2-6-10(12)14(17)18/h5-32H2,1-4H3;1-8H,(H,15,16)(H,17,18)/q+1;/p-1. The Balaban J connectivity index is 0.000000593. The van der Waals surface area contributed by atoms with Crippen LogP contribution in [0.15, 0.2) is 58.3 Å². The predicted octanol–water partition coefficient (Wildman–Crippen LogP) is 12.2. The molecule has 2 aromatic carbocycles. The van der Waals surface area contributed by atoms with Crippen molar-refractivity contribution in [3.63, 3.8) is 0 Å². The number of carboxylic acids is 2. The third-order valence-corrected chi connectivity index (χ3v) is 12.1. The van der Waals surface area contributed by atoms with Crippen LogP contribution in [0, 0.1) is 0 Å². The Morgan fingerprint density at radius 1 is 0.491 bits per heavy atom. The zero-order valence-electron chi connectivity index (χ0n) is 34.4. The van der Waals surface area contributed by atoms with Gasteiger partial charge in [0.2, 0.25) is 0 Å². The number of carbonyl (C=O) groups is 2. The van der Waals surface area contributed by atoms with Gasteiger partial charge in [-0.05, 0) is 69.6 Å². The highest BCUT2D eigenvalue weighted by atomic mass is 32.2. The summed E-state index contributed by atoms with van der Waals surface area (Å²) in [5.41, 5.74) is -0.343. The summed E-state index contributed by atoms with van der Waals surface area (Å²) in [6.45, 7) is 15.3. The lowest BCUT2D eigenvalue weighted by molar-refractivity contribution is -0.929. The van der Waals surface area contributed by atoms with Gasteiger partial charge >= 0.3 is 5.97 Å². The number of rotatable bonds is 32. The summed E-state index contributed by atoms with van der Waals surface area (Å²) in [4.78, 5) is 22.2.